The second-order valence-electron chi connectivity index (χ2n) is 6.28. The van der Waals surface area contributed by atoms with Gasteiger partial charge in [0.1, 0.15) is 0 Å². The van der Waals surface area contributed by atoms with E-state index in [0.29, 0.717) is 24.2 Å². The van der Waals surface area contributed by atoms with Crippen molar-refractivity contribution in [3.63, 3.8) is 0 Å². The lowest BCUT2D eigenvalue weighted by molar-refractivity contribution is 0.0697. The first-order chi connectivity index (χ1) is 12.8. The largest absolute Gasteiger partial charge is 0.336 e. The van der Waals surface area contributed by atoms with E-state index in [2.05, 4.69) is 15.9 Å². The molecule has 0 unspecified atom stereocenters. The van der Waals surface area contributed by atoms with Gasteiger partial charge in [-0.05, 0) is 43.3 Å². The van der Waals surface area contributed by atoms with Gasteiger partial charge in [-0.15, -0.1) is 0 Å². The molecule has 6 nitrogen and oxygen atoms in total. The average Bonchev–Trinajstić information content (AvgIpc) is 2.68. The third kappa shape index (κ3) is 4.28. The normalized spacial score (nSPS) is 15.6. The highest BCUT2D eigenvalue weighted by atomic mass is 79.9. The molecule has 8 heteroatoms. The molecule has 1 aliphatic rings. The van der Waals surface area contributed by atoms with Crippen LogP contribution in [0.5, 0.6) is 0 Å². The lowest BCUT2D eigenvalue weighted by Crippen LogP contribution is -2.50. The molecule has 0 aromatic heterocycles. The fraction of sp³-hybridized carbons (Fsp3) is 0.263. The van der Waals surface area contributed by atoms with Crippen LogP contribution in [0.2, 0.25) is 0 Å². The second kappa shape index (κ2) is 7.92. The standard InChI is InChI=1S/C19H19BrN2O4S/c1-14(23)15-4-8-18(9-5-15)27(25,26)22-12-10-21(11-13-22)19(24)16-2-6-17(20)7-3-16/h2-9H,10-13H2,1H3. The number of sulfonamides is 1. The van der Waals surface area contributed by atoms with Gasteiger partial charge in [0, 0.05) is 41.8 Å². The number of ketones is 1. The number of rotatable bonds is 4. The van der Waals surface area contributed by atoms with Crippen molar-refractivity contribution in [1.29, 1.82) is 0 Å². The number of halogens is 1. The SMILES string of the molecule is CC(=O)c1ccc(S(=O)(=O)N2CCN(C(=O)c3ccc(Br)cc3)CC2)cc1. The molecule has 1 amide bonds. The van der Waals surface area contributed by atoms with Crippen molar-refractivity contribution < 1.29 is 18.0 Å². The van der Waals surface area contributed by atoms with Crippen LogP contribution in [0.25, 0.3) is 0 Å². The first kappa shape index (κ1) is 19.7. The molecule has 1 saturated heterocycles. The lowest BCUT2D eigenvalue weighted by Gasteiger charge is -2.34. The number of nitrogens with zero attached hydrogens (tertiary/aromatic N) is 2. The minimum absolute atomic E-state index is 0.106. The van der Waals surface area contributed by atoms with E-state index in [1.807, 2.05) is 0 Å². The van der Waals surface area contributed by atoms with Gasteiger partial charge < -0.3 is 4.90 Å². The molecule has 2 aromatic carbocycles. The van der Waals surface area contributed by atoms with Crippen molar-refractivity contribution in [1.82, 2.24) is 9.21 Å². The number of piperazine rings is 1. The van der Waals surface area contributed by atoms with Crippen LogP contribution in [-0.4, -0.2) is 55.5 Å². The highest BCUT2D eigenvalue weighted by Gasteiger charge is 2.30. The molecule has 3 rings (SSSR count). The number of amides is 1. The number of Topliss-reactive ketones (excluding diaryl/α,β-unsaturated/α-hetero) is 1. The Morgan fingerprint density at radius 1 is 0.852 bits per heavy atom. The fourth-order valence-corrected chi connectivity index (χ4v) is 4.60. The number of carbonyl (C=O) groups is 2. The molecule has 0 bridgehead atoms. The predicted molar refractivity (Wildman–Crippen MR) is 105 cm³/mol. The summed E-state index contributed by atoms with van der Waals surface area (Å²) >= 11 is 3.34. The van der Waals surface area contributed by atoms with Crippen LogP contribution in [-0.2, 0) is 10.0 Å². The fourth-order valence-electron chi connectivity index (χ4n) is 2.92. The third-order valence-electron chi connectivity index (χ3n) is 4.52. The van der Waals surface area contributed by atoms with Crippen LogP contribution in [0.1, 0.15) is 27.6 Å². The van der Waals surface area contributed by atoms with Crippen LogP contribution < -0.4 is 0 Å². The smallest absolute Gasteiger partial charge is 0.253 e. The summed E-state index contributed by atoms with van der Waals surface area (Å²) in [6.45, 7) is 2.57. The summed E-state index contributed by atoms with van der Waals surface area (Å²) in [5, 5.41) is 0. The van der Waals surface area contributed by atoms with Gasteiger partial charge in [0.2, 0.25) is 10.0 Å². The zero-order valence-electron chi connectivity index (χ0n) is 14.8. The summed E-state index contributed by atoms with van der Waals surface area (Å²) in [5.41, 5.74) is 1.05. The summed E-state index contributed by atoms with van der Waals surface area (Å²) < 4.78 is 27.8. The summed E-state index contributed by atoms with van der Waals surface area (Å²) in [7, 11) is -3.65. The van der Waals surface area contributed by atoms with Gasteiger partial charge >= 0.3 is 0 Å². The van der Waals surface area contributed by atoms with Crippen LogP contribution in [0, 0.1) is 0 Å². The van der Waals surface area contributed by atoms with E-state index in [9.17, 15) is 18.0 Å². The van der Waals surface area contributed by atoms with Crippen molar-refractivity contribution in [2.45, 2.75) is 11.8 Å². The van der Waals surface area contributed by atoms with E-state index >= 15 is 0 Å². The maximum Gasteiger partial charge on any atom is 0.253 e. The quantitative estimate of drug-likeness (QED) is 0.671. The molecule has 1 aliphatic heterocycles. The number of hydrogen-bond acceptors (Lipinski definition) is 4. The highest BCUT2D eigenvalue weighted by molar-refractivity contribution is 9.10. The Morgan fingerprint density at radius 3 is 1.89 bits per heavy atom. The van der Waals surface area contributed by atoms with E-state index in [-0.39, 0.29) is 29.7 Å². The summed E-state index contributed by atoms with van der Waals surface area (Å²) in [6.07, 6.45) is 0. The Hall–Kier alpha value is -2.03. The summed E-state index contributed by atoms with van der Waals surface area (Å²) in [5.74, 6) is -0.218. The maximum atomic E-state index is 12.8. The molecule has 142 valence electrons. The van der Waals surface area contributed by atoms with Crippen LogP contribution in [0.4, 0.5) is 0 Å². The number of hydrogen-bond donors (Lipinski definition) is 0. The molecule has 0 spiro atoms. The summed E-state index contributed by atoms with van der Waals surface area (Å²) in [6, 6.07) is 13.0. The van der Waals surface area contributed by atoms with E-state index in [1.54, 1.807) is 29.2 Å². The third-order valence-corrected chi connectivity index (χ3v) is 6.96. The number of benzene rings is 2. The molecule has 0 atom stereocenters. The van der Waals surface area contributed by atoms with Gasteiger partial charge in [0.25, 0.3) is 5.91 Å². The molecule has 0 N–H and O–H groups in total. The zero-order chi connectivity index (χ0) is 19.6. The Morgan fingerprint density at radius 2 is 1.37 bits per heavy atom. The minimum Gasteiger partial charge on any atom is -0.336 e. The maximum absolute atomic E-state index is 12.8. The highest BCUT2D eigenvalue weighted by Crippen LogP contribution is 2.20. The van der Waals surface area contributed by atoms with Gasteiger partial charge in [-0.1, -0.05) is 28.1 Å². The molecule has 2 aromatic rings. The van der Waals surface area contributed by atoms with Crippen molar-refractivity contribution in [3.8, 4) is 0 Å². The Balaban J connectivity index is 1.68. The van der Waals surface area contributed by atoms with Gasteiger partial charge in [-0.25, -0.2) is 8.42 Å². The molecular formula is C19H19BrN2O4S. The molecule has 0 radical (unpaired) electrons. The van der Waals surface area contributed by atoms with E-state index in [0.717, 1.165) is 4.47 Å². The van der Waals surface area contributed by atoms with Crippen molar-refractivity contribution >= 4 is 37.6 Å². The first-order valence-electron chi connectivity index (χ1n) is 8.45. The van der Waals surface area contributed by atoms with Gasteiger partial charge in [-0.3, -0.25) is 9.59 Å². The van der Waals surface area contributed by atoms with Gasteiger partial charge in [-0.2, -0.15) is 4.31 Å². The summed E-state index contributed by atoms with van der Waals surface area (Å²) in [4.78, 5) is 25.7. The van der Waals surface area contributed by atoms with E-state index < -0.39 is 10.0 Å². The number of carbonyl (C=O) groups excluding carboxylic acids is 2. The van der Waals surface area contributed by atoms with Crippen LogP contribution in [0.3, 0.4) is 0 Å². The van der Waals surface area contributed by atoms with Gasteiger partial charge in [0.15, 0.2) is 5.78 Å². The molecule has 1 fully saturated rings. The second-order valence-corrected chi connectivity index (χ2v) is 9.14. The van der Waals surface area contributed by atoms with E-state index in [4.69, 9.17) is 0 Å². The Labute approximate surface area is 167 Å². The molecule has 0 aliphatic carbocycles. The van der Waals surface area contributed by atoms with Crippen LogP contribution in [0.15, 0.2) is 57.9 Å². The van der Waals surface area contributed by atoms with Gasteiger partial charge in [0.05, 0.1) is 4.90 Å². The predicted octanol–water partition coefficient (Wildman–Crippen LogP) is 2.80. The first-order valence-corrected chi connectivity index (χ1v) is 10.7. The molecular weight excluding hydrogens is 432 g/mol. The molecule has 0 saturated carbocycles. The Bertz CT molecular complexity index is 948. The van der Waals surface area contributed by atoms with E-state index in [1.165, 1.54) is 35.5 Å². The monoisotopic (exact) mass is 450 g/mol. The lowest BCUT2D eigenvalue weighted by atomic mass is 10.2. The van der Waals surface area contributed by atoms with Crippen molar-refractivity contribution in [2.75, 3.05) is 26.2 Å². The van der Waals surface area contributed by atoms with Crippen molar-refractivity contribution in [3.05, 3.63) is 64.1 Å². The zero-order valence-corrected chi connectivity index (χ0v) is 17.2. The molecule has 1 heterocycles. The Kier molecular flexibility index (Phi) is 5.78. The topological polar surface area (TPSA) is 74.8 Å². The minimum atomic E-state index is -3.65. The van der Waals surface area contributed by atoms with Crippen molar-refractivity contribution in [2.24, 2.45) is 0 Å². The average molecular weight is 451 g/mol. The molecule has 27 heavy (non-hydrogen) atoms. The van der Waals surface area contributed by atoms with Crippen LogP contribution >= 0.6 is 15.9 Å².